The number of carbonyl (C=O) groups is 1. The summed E-state index contributed by atoms with van der Waals surface area (Å²) >= 11 is 5.79. The molecule has 0 aromatic carbocycles. The molecule has 2 N–H and O–H groups in total. The molecule has 0 bridgehead atoms. The van der Waals surface area contributed by atoms with Gasteiger partial charge in [-0.15, -0.1) is 0 Å². The lowest BCUT2D eigenvalue weighted by Crippen LogP contribution is -2.56. The van der Waals surface area contributed by atoms with Gasteiger partial charge in [0.15, 0.2) is 0 Å². The van der Waals surface area contributed by atoms with Gasteiger partial charge in [0.05, 0.1) is 22.9 Å². The number of urea groups is 1. The fourth-order valence-electron chi connectivity index (χ4n) is 3.54. The van der Waals surface area contributed by atoms with Crippen LogP contribution in [0.25, 0.3) is 0 Å². The maximum Gasteiger partial charge on any atom is 0.317 e. The molecule has 0 radical (unpaired) electrons. The van der Waals surface area contributed by atoms with Gasteiger partial charge in [0, 0.05) is 25.2 Å². The van der Waals surface area contributed by atoms with Gasteiger partial charge in [0.2, 0.25) is 0 Å². The highest BCUT2D eigenvalue weighted by Gasteiger charge is 2.43. The summed E-state index contributed by atoms with van der Waals surface area (Å²) in [5.74, 6) is 0.217. The number of likely N-dealkylation sites (tertiary alicyclic amines) is 1. The highest BCUT2D eigenvalue weighted by molar-refractivity contribution is 6.30. The average molecular weight is 324 g/mol. The average Bonchev–Trinajstić information content (AvgIpc) is 2.53. The standard InChI is InChI=1S/C16H22ClN3O2/c17-13-4-5-14(18-9-13)10-19-15(21)20-8-7-16(22)6-2-1-3-12(16)11-20/h4-5,9,12,22H,1-3,6-8,10-11H2,(H,19,21). The van der Waals surface area contributed by atoms with Crippen molar-refractivity contribution in [2.45, 2.75) is 44.2 Å². The van der Waals surface area contributed by atoms with E-state index in [1.54, 1.807) is 18.3 Å². The Kier molecular flexibility index (Phi) is 4.54. The molecule has 5 nitrogen and oxygen atoms in total. The molecule has 22 heavy (non-hydrogen) atoms. The fourth-order valence-corrected chi connectivity index (χ4v) is 3.66. The molecule has 120 valence electrons. The highest BCUT2D eigenvalue weighted by Crippen LogP contribution is 2.39. The maximum absolute atomic E-state index is 12.3. The van der Waals surface area contributed by atoms with E-state index < -0.39 is 5.60 Å². The van der Waals surface area contributed by atoms with Crippen molar-refractivity contribution in [2.75, 3.05) is 13.1 Å². The number of pyridine rings is 1. The van der Waals surface area contributed by atoms with Gasteiger partial charge in [0.1, 0.15) is 0 Å². The maximum atomic E-state index is 12.3. The van der Waals surface area contributed by atoms with Crippen LogP contribution in [0.5, 0.6) is 0 Å². The molecule has 1 aliphatic heterocycles. The molecule has 2 unspecified atom stereocenters. The van der Waals surface area contributed by atoms with Crippen molar-refractivity contribution >= 4 is 17.6 Å². The summed E-state index contributed by atoms with van der Waals surface area (Å²) in [4.78, 5) is 18.3. The molecule has 3 rings (SSSR count). The third-order valence-corrected chi connectivity index (χ3v) is 5.15. The lowest BCUT2D eigenvalue weighted by atomic mass is 9.71. The van der Waals surface area contributed by atoms with Crippen LogP contribution in [-0.2, 0) is 6.54 Å². The van der Waals surface area contributed by atoms with E-state index in [0.29, 0.717) is 31.1 Å². The first-order valence-corrected chi connectivity index (χ1v) is 8.30. The first-order valence-electron chi connectivity index (χ1n) is 7.92. The Labute approximate surface area is 135 Å². The minimum absolute atomic E-state index is 0.0793. The number of nitrogens with zero attached hydrogens (tertiary/aromatic N) is 2. The smallest absolute Gasteiger partial charge is 0.317 e. The molecule has 1 aromatic rings. The minimum Gasteiger partial charge on any atom is -0.389 e. The van der Waals surface area contributed by atoms with Gasteiger partial charge in [-0.3, -0.25) is 4.98 Å². The Morgan fingerprint density at radius 3 is 3.09 bits per heavy atom. The first-order chi connectivity index (χ1) is 10.6. The Balaban J connectivity index is 1.53. The van der Waals surface area contributed by atoms with E-state index in [4.69, 9.17) is 11.6 Å². The number of fused-ring (bicyclic) bond motifs is 1. The Morgan fingerprint density at radius 2 is 2.32 bits per heavy atom. The summed E-state index contributed by atoms with van der Waals surface area (Å²) in [6, 6.07) is 3.49. The zero-order chi connectivity index (χ0) is 15.6. The van der Waals surface area contributed by atoms with Gasteiger partial charge in [0.25, 0.3) is 0 Å². The van der Waals surface area contributed by atoms with Gasteiger partial charge < -0.3 is 15.3 Å². The fraction of sp³-hybridized carbons (Fsp3) is 0.625. The molecule has 2 aliphatic rings. The molecular formula is C16H22ClN3O2. The normalized spacial score (nSPS) is 28.1. The lowest BCUT2D eigenvalue weighted by molar-refractivity contribution is -0.0870. The number of nitrogens with one attached hydrogen (secondary N) is 1. The first kappa shape index (κ1) is 15.6. The lowest BCUT2D eigenvalue weighted by Gasteiger charge is -2.47. The third-order valence-electron chi connectivity index (χ3n) is 4.92. The van der Waals surface area contributed by atoms with Crippen LogP contribution in [0.4, 0.5) is 4.79 Å². The van der Waals surface area contributed by atoms with Gasteiger partial charge in [-0.25, -0.2) is 4.79 Å². The molecule has 1 aliphatic carbocycles. The summed E-state index contributed by atoms with van der Waals surface area (Å²) in [7, 11) is 0. The SMILES string of the molecule is O=C(NCc1ccc(Cl)cn1)N1CCC2(O)CCCCC2C1. The van der Waals surface area contributed by atoms with Crippen LogP contribution in [0.2, 0.25) is 5.02 Å². The zero-order valence-corrected chi connectivity index (χ0v) is 13.4. The summed E-state index contributed by atoms with van der Waals surface area (Å²) in [5, 5.41) is 14.1. The van der Waals surface area contributed by atoms with Crippen LogP contribution < -0.4 is 5.32 Å². The Morgan fingerprint density at radius 1 is 1.45 bits per heavy atom. The van der Waals surface area contributed by atoms with Gasteiger partial charge >= 0.3 is 6.03 Å². The topological polar surface area (TPSA) is 65.5 Å². The molecule has 2 heterocycles. The van der Waals surface area contributed by atoms with E-state index in [-0.39, 0.29) is 11.9 Å². The van der Waals surface area contributed by atoms with Crippen molar-refractivity contribution in [2.24, 2.45) is 5.92 Å². The van der Waals surface area contributed by atoms with E-state index in [2.05, 4.69) is 10.3 Å². The Bertz CT molecular complexity index is 537. The van der Waals surface area contributed by atoms with Gasteiger partial charge in [-0.05, 0) is 31.4 Å². The Hall–Kier alpha value is -1.33. The summed E-state index contributed by atoms with van der Waals surface area (Å²) in [5.41, 5.74) is 0.233. The largest absolute Gasteiger partial charge is 0.389 e. The van der Waals surface area contributed by atoms with Crippen molar-refractivity contribution in [3.63, 3.8) is 0 Å². The number of rotatable bonds is 2. The van der Waals surface area contributed by atoms with Crippen LogP contribution in [-0.4, -0.2) is 39.7 Å². The summed E-state index contributed by atoms with van der Waals surface area (Å²) in [6.45, 7) is 1.66. The molecule has 0 spiro atoms. The van der Waals surface area contributed by atoms with Crippen molar-refractivity contribution in [3.8, 4) is 0 Å². The molecule has 6 heteroatoms. The molecular weight excluding hydrogens is 302 g/mol. The van der Waals surface area contributed by atoms with E-state index in [0.717, 1.165) is 31.4 Å². The monoisotopic (exact) mass is 323 g/mol. The van der Waals surface area contributed by atoms with Gasteiger partial charge in [-0.1, -0.05) is 24.4 Å². The number of aliphatic hydroxyl groups is 1. The second-order valence-corrected chi connectivity index (χ2v) is 6.81. The number of carbonyl (C=O) groups excluding carboxylic acids is 1. The number of aromatic nitrogens is 1. The van der Waals surface area contributed by atoms with Crippen LogP contribution >= 0.6 is 11.6 Å². The third kappa shape index (κ3) is 3.36. The second kappa shape index (κ2) is 6.42. The molecule has 1 aromatic heterocycles. The van der Waals surface area contributed by atoms with E-state index in [1.165, 1.54) is 0 Å². The van der Waals surface area contributed by atoms with Crippen molar-refractivity contribution in [1.82, 2.24) is 15.2 Å². The summed E-state index contributed by atoms with van der Waals surface area (Å²) < 4.78 is 0. The molecule has 1 saturated carbocycles. The molecule has 2 fully saturated rings. The van der Waals surface area contributed by atoms with Crippen molar-refractivity contribution in [3.05, 3.63) is 29.0 Å². The number of halogens is 1. The molecule has 1 saturated heterocycles. The molecule has 2 atom stereocenters. The van der Waals surface area contributed by atoms with E-state index in [1.807, 2.05) is 4.90 Å². The van der Waals surface area contributed by atoms with E-state index in [9.17, 15) is 9.90 Å². The predicted molar refractivity (Wildman–Crippen MR) is 84.6 cm³/mol. The quantitative estimate of drug-likeness (QED) is 0.879. The summed E-state index contributed by atoms with van der Waals surface area (Å²) in [6.07, 6.45) is 6.40. The zero-order valence-electron chi connectivity index (χ0n) is 12.6. The number of piperidine rings is 1. The second-order valence-electron chi connectivity index (χ2n) is 6.37. The van der Waals surface area contributed by atoms with Gasteiger partial charge in [-0.2, -0.15) is 0 Å². The van der Waals surface area contributed by atoms with Crippen LogP contribution in [0.1, 0.15) is 37.8 Å². The van der Waals surface area contributed by atoms with Crippen molar-refractivity contribution in [1.29, 1.82) is 0 Å². The van der Waals surface area contributed by atoms with Crippen LogP contribution in [0.3, 0.4) is 0 Å². The predicted octanol–water partition coefficient (Wildman–Crippen LogP) is 2.57. The van der Waals surface area contributed by atoms with E-state index >= 15 is 0 Å². The van der Waals surface area contributed by atoms with Crippen LogP contribution in [0, 0.1) is 5.92 Å². The number of hydrogen-bond donors (Lipinski definition) is 2. The van der Waals surface area contributed by atoms with Crippen molar-refractivity contribution < 1.29 is 9.90 Å². The minimum atomic E-state index is -0.549. The number of hydrogen-bond acceptors (Lipinski definition) is 3. The number of amides is 2. The van der Waals surface area contributed by atoms with Crippen LogP contribution in [0.15, 0.2) is 18.3 Å². The molecule has 2 amide bonds. The highest BCUT2D eigenvalue weighted by atomic mass is 35.5.